The van der Waals surface area contributed by atoms with Crippen LogP contribution in [0.2, 0.25) is 0 Å². The van der Waals surface area contributed by atoms with Crippen LogP contribution in [0.25, 0.3) is 5.69 Å². The standard InChI is InChI=1S/C16H21N5O/c1-16(17)9-3-2-4-14(16)15(22)20-12-5-7-13(8-6-12)21-18-10-11-19-21/h5-8,10-11,14H,2-4,9,17H2,1H3,(H,20,22). The van der Waals surface area contributed by atoms with Gasteiger partial charge in [0.15, 0.2) is 0 Å². The second-order valence-corrected chi connectivity index (χ2v) is 6.16. The van der Waals surface area contributed by atoms with Crippen molar-refractivity contribution in [2.75, 3.05) is 5.32 Å². The van der Waals surface area contributed by atoms with Crippen molar-refractivity contribution in [2.24, 2.45) is 11.7 Å². The van der Waals surface area contributed by atoms with Crippen LogP contribution in [0.3, 0.4) is 0 Å². The van der Waals surface area contributed by atoms with Crippen LogP contribution in [0.1, 0.15) is 32.6 Å². The lowest BCUT2D eigenvalue weighted by Gasteiger charge is -2.37. The van der Waals surface area contributed by atoms with Gasteiger partial charge in [-0.05, 0) is 44.0 Å². The van der Waals surface area contributed by atoms with Crippen molar-refractivity contribution >= 4 is 11.6 Å². The lowest BCUT2D eigenvalue weighted by molar-refractivity contribution is -0.122. The largest absolute Gasteiger partial charge is 0.326 e. The average molecular weight is 299 g/mol. The summed E-state index contributed by atoms with van der Waals surface area (Å²) >= 11 is 0. The Labute approximate surface area is 129 Å². The van der Waals surface area contributed by atoms with Crippen LogP contribution in [0.5, 0.6) is 0 Å². The minimum atomic E-state index is -0.415. The molecular formula is C16H21N5O. The minimum Gasteiger partial charge on any atom is -0.326 e. The number of hydrogen-bond donors (Lipinski definition) is 2. The number of aromatic nitrogens is 3. The summed E-state index contributed by atoms with van der Waals surface area (Å²) in [6.07, 6.45) is 7.17. The Morgan fingerprint density at radius 3 is 2.59 bits per heavy atom. The number of carbonyl (C=O) groups is 1. The van der Waals surface area contributed by atoms with Crippen molar-refractivity contribution in [3.05, 3.63) is 36.7 Å². The van der Waals surface area contributed by atoms with Gasteiger partial charge in [-0.2, -0.15) is 15.0 Å². The predicted octanol–water partition coefficient (Wildman–Crippen LogP) is 2.11. The van der Waals surface area contributed by atoms with Crippen molar-refractivity contribution in [1.82, 2.24) is 15.0 Å². The lowest BCUT2D eigenvalue weighted by atomic mass is 9.74. The smallest absolute Gasteiger partial charge is 0.229 e. The van der Waals surface area contributed by atoms with Gasteiger partial charge in [-0.1, -0.05) is 12.8 Å². The zero-order valence-electron chi connectivity index (χ0n) is 12.7. The van der Waals surface area contributed by atoms with Crippen LogP contribution in [0.15, 0.2) is 36.7 Å². The second-order valence-electron chi connectivity index (χ2n) is 6.16. The normalized spacial score (nSPS) is 24.9. The fourth-order valence-electron chi connectivity index (χ4n) is 3.05. The Morgan fingerprint density at radius 2 is 1.95 bits per heavy atom. The maximum absolute atomic E-state index is 12.5. The lowest BCUT2D eigenvalue weighted by Crippen LogP contribution is -2.51. The van der Waals surface area contributed by atoms with E-state index in [1.165, 1.54) is 4.80 Å². The Kier molecular flexibility index (Phi) is 3.94. The van der Waals surface area contributed by atoms with E-state index in [-0.39, 0.29) is 11.8 Å². The van der Waals surface area contributed by atoms with Gasteiger partial charge in [-0.25, -0.2) is 0 Å². The quantitative estimate of drug-likeness (QED) is 0.909. The molecule has 2 atom stereocenters. The highest BCUT2D eigenvalue weighted by Crippen LogP contribution is 2.32. The molecule has 2 unspecified atom stereocenters. The molecule has 3 rings (SSSR count). The second kappa shape index (κ2) is 5.88. The van der Waals surface area contributed by atoms with Crippen molar-refractivity contribution in [3.8, 4) is 5.69 Å². The molecule has 6 nitrogen and oxygen atoms in total. The Morgan fingerprint density at radius 1 is 1.27 bits per heavy atom. The summed E-state index contributed by atoms with van der Waals surface area (Å²) in [7, 11) is 0. The monoisotopic (exact) mass is 299 g/mol. The van der Waals surface area contributed by atoms with Gasteiger partial charge >= 0.3 is 0 Å². The van der Waals surface area contributed by atoms with E-state index < -0.39 is 5.54 Å². The van der Waals surface area contributed by atoms with E-state index in [0.717, 1.165) is 37.1 Å². The van der Waals surface area contributed by atoms with Crippen LogP contribution in [-0.2, 0) is 4.79 Å². The van der Waals surface area contributed by atoms with Crippen molar-refractivity contribution in [1.29, 1.82) is 0 Å². The minimum absolute atomic E-state index is 0.00895. The predicted molar refractivity (Wildman–Crippen MR) is 84.5 cm³/mol. The summed E-state index contributed by atoms with van der Waals surface area (Å²) in [4.78, 5) is 14.0. The highest BCUT2D eigenvalue weighted by Gasteiger charge is 2.37. The number of rotatable bonds is 3. The van der Waals surface area contributed by atoms with Crippen molar-refractivity contribution < 1.29 is 4.79 Å². The summed E-state index contributed by atoms with van der Waals surface area (Å²) in [6, 6.07) is 7.46. The highest BCUT2D eigenvalue weighted by atomic mass is 16.1. The first-order valence-corrected chi connectivity index (χ1v) is 7.63. The number of nitrogens with two attached hydrogens (primary N) is 1. The molecule has 0 spiro atoms. The molecule has 116 valence electrons. The molecule has 1 aromatic heterocycles. The Balaban J connectivity index is 1.69. The highest BCUT2D eigenvalue weighted by molar-refractivity contribution is 5.93. The van der Waals surface area contributed by atoms with E-state index in [0.29, 0.717) is 0 Å². The molecule has 0 radical (unpaired) electrons. The summed E-state index contributed by atoms with van der Waals surface area (Å²) in [5, 5.41) is 11.1. The molecule has 2 aromatic rings. The number of carbonyl (C=O) groups excluding carboxylic acids is 1. The molecule has 1 aliphatic rings. The third-order valence-corrected chi connectivity index (χ3v) is 4.36. The SMILES string of the molecule is CC1(N)CCCCC1C(=O)Nc1ccc(-n2nccn2)cc1. The Hall–Kier alpha value is -2.21. The molecule has 6 heteroatoms. The van der Waals surface area contributed by atoms with Gasteiger partial charge in [0.25, 0.3) is 0 Å². The number of hydrogen-bond acceptors (Lipinski definition) is 4. The zero-order valence-corrected chi connectivity index (χ0v) is 12.7. The fraction of sp³-hybridized carbons (Fsp3) is 0.438. The van der Waals surface area contributed by atoms with E-state index in [4.69, 9.17) is 5.73 Å². The molecule has 3 N–H and O–H groups in total. The average Bonchev–Trinajstić information content (AvgIpc) is 3.01. The first kappa shape index (κ1) is 14.7. The van der Waals surface area contributed by atoms with E-state index in [1.54, 1.807) is 12.4 Å². The molecule has 1 amide bonds. The van der Waals surface area contributed by atoms with Gasteiger partial charge in [0.05, 0.1) is 24.0 Å². The summed E-state index contributed by atoms with van der Waals surface area (Å²) < 4.78 is 0. The van der Waals surface area contributed by atoms with E-state index >= 15 is 0 Å². The van der Waals surface area contributed by atoms with E-state index in [9.17, 15) is 4.79 Å². The van der Waals surface area contributed by atoms with Gasteiger partial charge < -0.3 is 11.1 Å². The number of anilines is 1. The molecule has 0 bridgehead atoms. The van der Waals surface area contributed by atoms with Crippen LogP contribution in [0, 0.1) is 5.92 Å². The third-order valence-electron chi connectivity index (χ3n) is 4.36. The molecule has 1 heterocycles. The number of nitrogens with zero attached hydrogens (tertiary/aromatic N) is 3. The summed E-state index contributed by atoms with van der Waals surface area (Å²) in [6.45, 7) is 1.98. The summed E-state index contributed by atoms with van der Waals surface area (Å²) in [5.41, 5.74) is 7.49. The van der Waals surface area contributed by atoms with Crippen LogP contribution < -0.4 is 11.1 Å². The van der Waals surface area contributed by atoms with Crippen LogP contribution >= 0.6 is 0 Å². The van der Waals surface area contributed by atoms with E-state index in [1.807, 2.05) is 31.2 Å². The number of nitrogens with one attached hydrogen (secondary N) is 1. The van der Waals surface area contributed by atoms with Gasteiger partial charge in [0.1, 0.15) is 0 Å². The maximum atomic E-state index is 12.5. The van der Waals surface area contributed by atoms with Gasteiger partial charge in [0, 0.05) is 11.2 Å². The first-order chi connectivity index (χ1) is 10.6. The zero-order chi connectivity index (χ0) is 15.6. The fourth-order valence-corrected chi connectivity index (χ4v) is 3.05. The number of benzene rings is 1. The van der Waals surface area contributed by atoms with Crippen LogP contribution in [0.4, 0.5) is 5.69 Å². The molecule has 1 saturated carbocycles. The molecule has 1 fully saturated rings. The molecule has 1 aliphatic carbocycles. The number of amides is 1. The van der Waals surface area contributed by atoms with Crippen molar-refractivity contribution in [2.45, 2.75) is 38.1 Å². The van der Waals surface area contributed by atoms with E-state index in [2.05, 4.69) is 15.5 Å². The molecule has 22 heavy (non-hydrogen) atoms. The first-order valence-electron chi connectivity index (χ1n) is 7.63. The molecule has 0 saturated heterocycles. The van der Waals surface area contributed by atoms with Crippen molar-refractivity contribution in [3.63, 3.8) is 0 Å². The third kappa shape index (κ3) is 3.01. The van der Waals surface area contributed by atoms with Gasteiger partial charge in [-0.15, -0.1) is 0 Å². The molecule has 0 aliphatic heterocycles. The molecular weight excluding hydrogens is 278 g/mol. The van der Waals surface area contributed by atoms with Gasteiger partial charge in [0.2, 0.25) is 5.91 Å². The van der Waals surface area contributed by atoms with Gasteiger partial charge in [-0.3, -0.25) is 4.79 Å². The molecule has 1 aromatic carbocycles. The Bertz CT molecular complexity index is 633. The maximum Gasteiger partial charge on any atom is 0.229 e. The topological polar surface area (TPSA) is 85.8 Å². The van der Waals surface area contributed by atoms with Crippen LogP contribution in [-0.4, -0.2) is 26.4 Å². The summed E-state index contributed by atoms with van der Waals surface area (Å²) in [5.74, 6) is -0.122.